The number of unbranched alkanes of at least 4 members (excludes halogenated alkanes) is 5. The summed E-state index contributed by atoms with van der Waals surface area (Å²) >= 11 is 0. The lowest BCUT2D eigenvalue weighted by Crippen LogP contribution is -2.17. The molecule has 0 saturated carbocycles. The predicted octanol–water partition coefficient (Wildman–Crippen LogP) is 4.71. The number of carbonyl (C=O) groups excluding carboxylic acids is 2. The highest BCUT2D eigenvalue weighted by Gasteiger charge is 2.06. The van der Waals surface area contributed by atoms with E-state index in [4.69, 9.17) is 14.2 Å². The maximum atomic E-state index is 12.0. The number of hydrogen-bond donors (Lipinski definition) is 3. The molecule has 0 aliphatic rings. The number of carbonyl (C=O) groups is 2. The lowest BCUT2D eigenvalue weighted by atomic mass is 10.1. The molecule has 0 fully saturated rings. The van der Waals surface area contributed by atoms with Gasteiger partial charge in [-0.05, 0) is 74.2 Å². The number of aliphatic hydroxyl groups is 1. The number of nitrogens with one attached hydrogen (secondary N) is 2. The van der Waals surface area contributed by atoms with Gasteiger partial charge in [0.2, 0.25) is 11.8 Å². The Morgan fingerprint density at radius 1 is 0.750 bits per heavy atom. The average molecular weight is 555 g/mol. The largest absolute Gasteiger partial charge is 0.494 e. The van der Waals surface area contributed by atoms with Gasteiger partial charge in [-0.3, -0.25) is 9.59 Å². The molecule has 2 amide bonds. The van der Waals surface area contributed by atoms with E-state index in [9.17, 15) is 14.7 Å². The number of rotatable bonds is 19. The summed E-state index contributed by atoms with van der Waals surface area (Å²) in [5.74, 6) is 1.67. The summed E-state index contributed by atoms with van der Waals surface area (Å²) < 4.78 is 16.3. The molecule has 10 nitrogen and oxygen atoms in total. The molecule has 0 atom stereocenters. The highest BCUT2D eigenvalue weighted by atomic mass is 16.5. The van der Waals surface area contributed by atoms with Crippen LogP contribution >= 0.6 is 0 Å². The quantitative estimate of drug-likeness (QED) is 0.131. The van der Waals surface area contributed by atoms with Crippen molar-refractivity contribution in [1.82, 2.24) is 10.9 Å². The standard InChI is InChI=1S/C30H42N4O6/c1-4-39-26-16-14-23(18-25(26)22-35)20-31-33-29(36)12-10-8-6-7-9-11-13-30(37)34-32-21-24-15-17-27(40-5-2)28(19-24)38-3/h14-21,35H,4-13,22H2,1-3H3,(H,33,36)(H,34,37)/b31-20+,32-21+. The Balaban J connectivity index is 1.53. The number of benzene rings is 2. The molecular formula is C30H42N4O6. The zero-order valence-electron chi connectivity index (χ0n) is 23.8. The highest BCUT2D eigenvalue weighted by Crippen LogP contribution is 2.27. The molecule has 0 aliphatic heterocycles. The number of nitrogens with zero attached hydrogens (tertiary/aromatic N) is 2. The summed E-state index contributed by atoms with van der Waals surface area (Å²) in [6.45, 7) is 4.73. The second-order valence-electron chi connectivity index (χ2n) is 9.01. The van der Waals surface area contributed by atoms with Gasteiger partial charge in [-0.25, -0.2) is 10.9 Å². The summed E-state index contributed by atoms with van der Waals surface area (Å²) in [4.78, 5) is 24.0. The molecule has 218 valence electrons. The summed E-state index contributed by atoms with van der Waals surface area (Å²) in [6, 6.07) is 10.8. The van der Waals surface area contributed by atoms with Crippen LogP contribution in [0.15, 0.2) is 46.6 Å². The number of hydrazone groups is 2. The van der Waals surface area contributed by atoms with Crippen molar-refractivity contribution in [2.24, 2.45) is 10.2 Å². The van der Waals surface area contributed by atoms with Crippen molar-refractivity contribution < 1.29 is 28.9 Å². The molecule has 0 saturated heterocycles. The summed E-state index contributed by atoms with van der Waals surface area (Å²) in [5, 5.41) is 17.5. The maximum Gasteiger partial charge on any atom is 0.240 e. The van der Waals surface area contributed by atoms with Gasteiger partial charge in [-0.15, -0.1) is 0 Å². The SMILES string of the molecule is CCOc1ccc(/C=N/NC(=O)CCCCCCCCC(=O)N/N=C/c2ccc(OCC)c(OC)c2)cc1CO. The van der Waals surface area contributed by atoms with E-state index in [-0.39, 0.29) is 18.4 Å². The van der Waals surface area contributed by atoms with Gasteiger partial charge in [0.15, 0.2) is 11.5 Å². The fourth-order valence-electron chi connectivity index (χ4n) is 3.89. The van der Waals surface area contributed by atoms with Gasteiger partial charge in [-0.1, -0.05) is 25.7 Å². The lowest BCUT2D eigenvalue weighted by Gasteiger charge is -2.09. The highest BCUT2D eigenvalue weighted by molar-refractivity contribution is 5.83. The van der Waals surface area contributed by atoms with Gasteiger partial charge >= 0.3 is 0 Å². The van der Waals surface area contributed by atoms with Gasteiger partial charge in [0.1, 0.15) is 5.75 Å². The minimum Gasteiger partial charge on any atom is -0.494 e. The van der Waals surface area contributed by atoms with Crippen molar-refractivity contribution >= 4 is 24.2 Å². The summed E-state index contributed by atoms with van der Waals surface area (Å²) in [6.07, 6.45) is 9.41. The second kappa shape index (κ2) is 19.2. The van der Waals surface area contributed by atoms with E-state index in [0.717, 1.165) is 49.7 Å². The molecule has 0 spiro atoms. The molecule has 0 radical (unpaired) electrons. The minimum atomic E-state index is -0.134. The van der Waals surface area contributed by atoms with E-state index in [1.54, 1.807) is 37.7 Å². The predicted molar refractivity (Wildman–Crippen MR) is 156 cm³/mol. The van der Waals surface area contributed by atoms with Crippen LogP contribution in [0.2, 0.25) is 0 Å². The van der Waals surface area contributed by atoms with Gasteiger partial charge in [0.25, 0.3) is 0 Å². The first kappa shape index (κ1) is 32.3. The van der Waals surface area contributed by atoms with Gasteiger partial charge in [-0.2, -0.15) is 10.2 Å². The molecular weight excluding hydrogens is 512 g/mol. The second-order valence-corrected chi connectivity index (χ2v) is 9.01. The van der Waals surface area contributed by atoms with Gasteiger partial charge in [0, 0.05) is 18.4 Å². The van der Waals surface area contributed by atoms with Crippen molar-refractivity contribution in [3.05, 3.63) is 53.1 Å². The first-order chi connectivity index (χ1) is 19.5. The van der Waals surface area contributed by atoms with Gasteiger partial charge in [0.05, 0.1) is 39.4 Å². The van der Waals surface area contributed by atoms with E-state index in [0.29, 0.717) is 48.9 Å². The van der Waals surface area contributed by atoms with E-state index >= 15 is 0 Å². The molecule has 0 bridgehead atoms. The van der Waals surface area contributed by atoms with Crippen LogP contribution in [0.3, 0.4) is 0 Å². The molecule has 0 heterocycles. The molecule has 2 rings (SSSR count). The summed E-state index contributed by atoms with van der Waals surface area (Å²) in [5.41, 5.74) is 7.34. The summed E-state index contributed by atoms with van der Waals surface area (Å²) in [7, 11) is 1.58. The molecule has 10 heteroatoms. The number of hydrogen-bond acceptors (Lipinski definition) is 8. The minimum absolute atomic E-state index is 0.121. The Morgan fingerprint density at radius 3 is 1.77 bits per heavy atom. The zero-order valence-corrected chi connectivity index (χ0v) is 23.8. The van der Waals surface area contributed by atoms with Crippen LogP contribution in [0.25, 0.3) is 0 Å². The van der Waals surface area contributed by atoms with Crippen LogP contribution in [-0.4, -0.2) is 49.7 Å². The monoisotopic (exact) mass is 554 g/mol. The van der Waals surface area contributed by atoms with Crippen LogP contribution in [0, 0.1) is 0 Å². The average Bonchev–Trinajstić information content (AvgIpc) is 2.96. The third-order valence-corrected chi connectivity index (χ3v) is 5.91. The Bertz CT molecular complexity index is 1030. The molecule has 2 aromatic rings. The molecule has 0 unspecified atom stereocenters. The van der Waals surface area contributed by atoms with Crippen molar-refractivity contribution in [2.75, 3.05) is 20.3 Å². The molecule has 3 N–H and O–H groups in total. The van der Waals surface area contributed by atoms with Crippen molar-refractivity contribution in [2.45, 2.75) is 71.8 Å². The van der Waals surface area contributed by atoms with Crippen LogP contribution in [0.5, 0.6) is 17.2 Å². The maximum absolute atomic E-state index is 12.0. The normalized spacial score (nSPS) is 11.1. The number of methoxy groups -OCH3 is 1. The lowest BCUT2D eigenvalue weighted by molar-refractivity contribution is -0.122. The topological polar surface area (TPSA) is 131 Å². The van der Waals surface area contributed by atoms with E-state index < -0.39 is 0 Å². The zero-order chi connectivity index (χ0) is 29.0. The van der Waals surface area contributed by atoms with E-state index in [1.165, 1.54) is 0 Å². The van der Waals surface area contributed by atoms with Crippen LogP contribution in [0.4, 0.5) is 0 Å². The van der Waals surface area contributed by atoms with E-state index in [1.807, 2.05) is 32.0 Å². The number of aliphatic hydroxyl groups excluding tert-OH is 1. The Kier molecular flexibility index (Phi) is 15.5. The Morgan fingerprint density at radius 2 is 1.25 bits per heavy atom. The first-order valence-corrected chi connectivity index (χ1v) is 13.8. The third-order valence-electron chi connectivity index (χ3n) is 5.91. The molecule has 0 aliphatic carbocycles. The fourth-order valence-corrected chi connectivity index (χ4v) is 3.89. The van der Waals surface area contributed by atoms with Crippen LogP contribution < -0.4 is 25.1 Å². The van der Waals surface area contributed by atoms with Crippen LogP contribution in [-0.2, 0) is 16.2 Å². The van der Waals surface area contributed by atoms with Crippen molar-refractivity contribution in [3.8, 4) is 17.2 Å². The number of ether oxygens (including phenoxy) is 3. The van der Waals surface area contributed by atoms with Crippen molar-refractivity contribution in [3.63, 3.8) is 0 Å². The first-order valence-electron chi connectivity index (χ1n) is 13.8. The Labute approximate surface area is 236 Å². The molecule has 2 aromatic carbocycles. The van der Waals surface area contributed by atoms with Crippen LogP contribution in [0.1, 0.15) is 81.9 Å². The molecule has 40 heavy (non-hydrogen) atoms. The smallest absolute Gasteiger partial charge is 0.240 e. The van der Waals surface area contributed by atoms with Gasteiger partial charge < -0.3 is 19.3 Å². The Hall–Kier alpha value is -3.92. The molecule has 0 aromatic heterocycles. The third kappa shape index (κ3) is 12.3. The van der Waals surface area contributed by atoms with Crippen molar-refractivity contribution in [1.29, 1.82) is 0 Å². The number of amides is 2. The van der Waals surface area contributed by atoms with E-state index in [2.05, 4.69) is 21.1 Å². The fraction of sp³-hybridized carbons (Fsp3) is 0.467.